The van der Waals surface area contributed by atoms with Gasteiger partial charge in [0, 0.05) is 13.1 Å². The Hall–Kier alpha value is -3.72. The molecule has 0 spiro atoms. The van der Waals surface area contributed by atoms with Crippen molar-refractivity contribution in [2.75, 3.05) is 6.54 Å². The van der Waals surface area contributed by atoms with E-state index < -0.39 is 23.5 Å². The van der Waals surface area contributed by atoms with Crippen molar-refractivity contribution in [2.45, 2.75) is 32.7 Å². The molecule has 5 nitrogen and oxygen atoms in total. The summed E-state index contributed by atoms with van der Waals surface area (Å²) >= 11 is 0. The van der Waals surface area contributed by atoms with Gasteiger partial charge in [0.05, 0.1) is 17.7 Å². The molecule has 0 aromatic heterocycles. The van der Waals surface area contributed by atoms with Gasteiger partial charge in [-0.25, -0.2) is 4.39 Å². The van der Waals surface area contributed by atoms with E-state index in [0.717, 1.165) is 29.3 Å². The van der Waals surface area contributed by atoms with Crippen molar-refractivity contribution in [3.05, 3.63) is 94.8 Å². The number of aliphatic carboxylic acids is 1. The quantitative estimate of drug-likeness (QED) is 0.159. The molecule has 2 N–H and O–H groups in total. The number of carbonyl (C=O) groups is 1. The number of hydrogen-bond acceptors (Lipinski definition) is 4. The minimum atomic E-state index is -4.59. The van der Waals surface area contributed by atoms with Crippen LogP contribution in [0.15, 0.2) is 71.9 Å². The summed E-state index contributed by atoms with van der Waals surface area (Å²) in [4.78, 5) is 15.8. The highest BCUT2D eigenvalue weighted by molar-refractivity contribution is 5.98. The number of carboxylic acid groups (broad SMARTS) is 1. The van der Waals surface area contributed by atoms with Gasteiger partial charge >= 0.3 is 12.1 Å². The maximum atomic E-state index is 13.7. The lowest BCUT2D eigenvalue weighted by molar-refractivity contribution is -0.138. The fourth-order valence-corrected chi connectivity index (χ4v) is 3.35. The molecule has 0 fully saturated rings. The van der Waals surface area contributed by atoms with Gasteiger partial charge in [-0.3, -0.25) is 4.79 Å². The number of oxime groups is 1. The van der Waals surface area contributed by atoms with Crippen LogP contribution in [0, 0.1) is 5.82 Å². The first-order chi connectivity index (χ1) is 16.6. The summed E-state index contributed by atoms with van der Waals surface area (Å²) in [5.74, 6) is -1.39. The predicted octanol–water partition coefficient (Wildman–Crippen LogP) is 6.02. The van der Waals surface area contributed by atoms with E-state index in [1.54, 1.807) is 6.92 Å². The van der Waals surface area contributed by atoms with Crippen molar-refractivity contribution < 1.29 is 32.3 Å². The van der Waals surface area contributed by atoms with Crippen molar-refractivity contribution in [1.29, 1.82) is 0 Å². The van der Waals surface area contributed by atoms with E-state index in [2.05, 4.69) is 10.5 Å². The summed E-state index contributed by atoms with van der Waals surface area (Å²) < 4.78 is 54.1. The molecule has 9 heteroatoms. The highest BCUT2D eigenvalue weighted by Crippen LogP contribution is 2.37. The summed E-state index contributed by atoms with van der Waals surface area (Å²) in [6.07, 6.45) is -4.55. The lowest BCUT2D eigenvalue weighted by atomic mass is 9.97. The van der Waals surface area contributed by atoms with E-state index in [9.17, 15) is 22.4 Å². The fraction of sp³-hybridized carbons (Fsp3) is 0.231. The average Bonchev–Trinajstić information content (AvgIpc) is 2.82. The molecular formula is C26H24F4N2O3. The Morgan fingerprint density at radius 3 is 2.29 bits per heavy atom. The van der Waals surface area contributed by atoms with Crippen LogP contribution in [0.4, 0.5) is 17.6 Å². The van der Waals surface area contributed by atoms with Gasteiger partial charge in [0.15, 0.2) is 0 Å². The van der Waals surface area contributed by atoms with Gasteiger partial charge in [0.1, 0.15) is 12.4 Å². The van der Waals surface area contributed by atoms with Crippen molar-refractivity contribution in [3.63, 3.8) is 0 Å². The molecule has 0 radical (unpaired) electrons. The third kappa shape index (κ3) is 7.65. The van der Waals surface area contributed by atoms with Crippen LogP contribution in [0.2, 0.25) is 0 Å². The van der Waals surface area contributed by atoms with Crippen LogP contribution in [0.3, 0.4) is 0 Å². The average molecular weight is 488 g/mol. The summed E-state index contributed by atoms with van der Waals surface area (Å²) in [5.41, 5.74) is 1.98. The zero-order chi connectivity index (χ0) is 25.4. The smallest absolute Gasteiger partial charge is 0.417 e. The number of nitrogens with zero attached hydrogens (tertiary/aromatic N) is 1. The van der Waals surface area contributed by atoms with Crippen LogP contribution in [0.25, 0.3) is 11.1 Å². The van der Waals surface area contributed by atoms with Crippen molar-refractivity contribution in [1.82, 2.24) is 5.32 Å². The minimum absolute atomic E-state index is 0.0423. The van der Waals surface area contributed by atoms with Gasteiger partial charge in [-0.2, -0.15) is 13.2 Å². The van der Waals surface area contributed by atoms with Crippen LogP contribution >= 0.6 is 0 Å². The molecule has 0 saturated heterocycles. The molecule has 0 heterocycles. The summed E-state index contributed by atoms with van der Waals surface area (Å²) in [7, 11) is 0. The van der Waals surface area contributed by atoms with Crippen LogP contribution in [0.1, 0.15) is 35.6 Å². The molecule has 184 valence electrons. The summed E-state index contributed by atoms with van der Waals surface area (Å²) in [6, 6.07) is 16.1. The number of alkyl halides is 3. The van der Waals surface area contributed by atoms with Gasteiger partial charge in [-0.1, -0.05) is 53.7 Å². The van der Waals surface area contributed by atoms with E-state index in [1.165, 1.54) is 24.3 Å². The van der Waals surface area contributed by atoms with E-state index in [1.807, 2.05) is 24.3 Å². The van der Waals surface area contributed by atoms with E-state index >= 15 is 0 Å². The zero-order valence-electron chi connectivity index (χ0n) is 18.9. The largest absolute Gasteiger partial charge is 0.481 e. The zero-order valence-corrected chi connectivity index (χ0v) is 18.9. The molecule has 3 aromatic carbocycles. The first-order valence-electron chi connectivity index (χ1n) is 10.8. The monoisotopic (exact) mass is 488 g/mol. The molecule has 0 aliphatic carbocycles. The van der Waals surface area contributed by atoms with Gasteiger partial charge < -0.3 is 15.3 Å². The molecule has 3 rings (SSSR count). The Morgan fingerprint density at radius 2 is 1.66 bits per heavy atom. The molecule has 0 saturated carbocycles. The molecule has 35 heavy (non-hydrogen) atoms. The number of hydrogen-bond donors (Lipinski definition) is 2. The fourth-order valence-electron chi connectivity index (χ4n) is 3.35. The number of rotatable bonds is 10. The predicted molar refractivity (Wildman–Crippen MR) is 124 cm³/mol. The third-order valence-corrected chi connectivity index (χ3v) is 5.19. The number of nitrogens with one attached hydrogen (secondary N) is 1. The summed E-state index contributed by atoms with van der Waals surface area (Å²) in [5, 5.41) is 15.7. The Balaban J connectivity index is 1.64. The topological polar surface area (TPSA) is 70.9 Å². The second-order valence-corrected chi connectivity index (χ2v) is 7.85. The Morgan fingerprint density at radius 1 is 1.00 bits per heavy atom. The number of carboxylic acids is 1. The SMILES string of the molecule is C/C(=N\OCc1ccc(-c2ccc(F)cc2)c(C(F)(F)F)c1)c1ccc(CNCCC(=O)O)cc1. The normalized spacial score (nSPS) is 12.0. The van der Waals surface area contributed by atoms with E-state index in [-0.39, 0.29) is 24.2 Å². The first-order valence-corrected chi connectivity index (χ1v) is 10.8. The lowest BCUT2D eigenvalue weighted by Crippen LogP contribution is -2.17. The lowest BCUT2D eigenvalue weighted by Gasteiger charge is -2.15. The minimum Gasteiger partial charge on any atom is -0.481 e. The maximum Gasteiger partial charge on any atom is 0.417 e. The molecule has 0 amide bonds. The standard InChI is InChI=1S/C26H24F4N2O3/c1-17(20-5-2-18(3-6-20)15-31-13-12-25(33)34)32-35-16-19-4-11-23(24(14-19)26(28,29)30)21-7-9-22(27)10-8-21/h2-11,14,31H,12-13,15-16H2,1H3,(H,33,34)/b32-17+. The summed E-state index contributed by atoms with van der Waals surface area (Å²) in [6.45, 7) is 2.46. The second-order valence-electron chi connectivity index (χ2n) is 7.85. The van der Waals surface area contributed by atoms with Gasteiger partial charge in [-0.15, -0.1) is 0 Å². The highest BCUT2D eigenvalue weighted by Gasteiger charge is 2.34. The van der Waals surface area contributed by atoms with Crippen LogP contribution in [-0.4, -0.2) is 23.3 Å². The Kier molecular flexibility index (Phi) is 8.59. The maximum absolute atomic E-state index is 13.7. The Bertz CT molecular complexity index is 1170. The molecule has 3 aromatic rings. The third-order valence-electron chi connectivity index (χ3n) is 5.19. The second kappa shape index (κ2) is 11.6. The molecule has 0 atom stereocenters. The van der Waals surface area contributed by atoms with Crippen LogP contribution < -0.4 is 5.32 Å². The van der Waals surface area contributed by atoms with E-state index in [0.29, 0.717) is 24.4 Å². The van der Waals surface area contributed by atoms with Crippen LogP contribution in [-0.2, 0) is 29.0 Å². The number of benzene rings is 3. The molecule has 0 aliphatic heterocycles. The van der Waals surface area contributed by atoms with Crippen molar-refractivity contribution in [3.8, 4) is 11.1 Å². The molecule has 0 unspecified atom stereocenters. The molecular weight excluding hydrogens is 464 g/mol. The van der Waals surface area contributed by atoms with Crippen molar-refractivity contribution >= 4 is 11.7 Å². The van der Waals surface area contributed by atoms with Gasteiger partial charge in [-0.05, 0) is 52.9 Å². The highest BCUT2D eigenvalue weighted by atomic mass is 19.4. The molecule has 0 aliphatic rings. The van der Waals surface area contributed by atoms with Gasteiger partial charge in [0.25, 0.3) is 0 Å². The van der Waals surface area contributed by atoms with E-state index in [4.69, 9.17) is 9.94 Å². The molecule has 0 bridgehead atoms. The van der Waals surface area contributed by atoms with Crippen LogP contribution in [0.5, 0.6) is 0 Å². The Labute approximate surface area is 200 Å². The first kappa shape index (κ1) is 25.9. The number of halogens is 4. The van der Waals surface area contributed by atoms with Gasteiger partial charge in [0.2, 0.25) is 0 Å². The van der Waals surface area contributed by atoms with Crippen molar-refractivity contribution in [2.24, 2.45) is 5.16 Å².